The molecule has 0 radical (unpaired) electrons. The van der Waals surface area contributed by atoms with Gasteiger partial charge in [0.25, 0.3) is 0 Å². The lowest BCUT2D eigenvalue weighted by Crippen LogP contribution is -2.27. The first-order chi connectivity index (χ1) is 23.4. The molecule has 15 nitrogen and oxygen atoms in total. The van der Waals surface area contributed by atoms with Crippen LogP contribution in [0.3, 0.4) is 0 Å². The first-order valence-electron chi connectivity index (χ1n) is 16.8. The number of H-pyrrole nitrogens is 2. The van der Waals surface area contributed by atoms with Crippen molar-refractivity contribution in [3.8, 4) is 0 Å². The van der Waals surface area contributed by atoms with E-state index in [0.29, 0.717) is 36.8 Å². The fourth-order valence-electron chi connectivity index (χ4n) is 7.78. The second-order valence-electron chi connectivity index (χ2n) is 13.0. The number of nitrogens with one attached hydrogen (secondary N) is 2. The molecule has 3 N–H and O–H groups in total. The van der Waals surface area contributed by atoms with E-state index in [1.807, 2.05) is 12.4 Å². The molecule has 48 heavy (non-hydrogen) atoms. The second-order valence-corrected chi connectivity index (χ2v) is 13.0. The molecule has 2 fully saturated rings. The number of ether oxygens (including phenoxy) is 2. The molecule has 2 aliphatic carbocycles. The highest BCUT2D eigenvalue weighted by Gasteiger charge is 2.42. The number of carboxylic acid groups (broad SMARTS) is 1. The highest BCUT2D eigenvalue weighted by Crippen LogP contribution is 2.47. The van der Waals surface area contributed by atoms with E-state index < -0.39 is 6.09 Å². The number of aromatic amines is 2. The molecule has 6 aromatic heterocycles. The minimum absolute atomic E-state index is 0.216. The SMILES string of the molecule is CC[C@@H]1C[C@H](O[C@H]2C[C@@H](CC)[C@@H](c3nnc4cnc5[nH]ccc5n34)C2)C[C@@H]1c1nnc2cnc3[nH]ccc3n12.COCCN(C)C(=O)O. The van der Waals surface area contributed by atoms with Crippen LogP contribution >= 0.6 is 0 Å². The Morgan fingerprint density at radius 3 is 1.79 bits per heavy atom. The van der Waals surface area contributed by atoms with Crippen LogP contribution in [0.5, 0.6) is 0 Å². The molecule has 6 heterocycles. The van der Waals surface area contributed by atoms with Gasteiger partial charge in [-0.2, -0.15) is 0 Å². The summed E-state index contributed by atoms with van der Waals surface area (Å²) in [5.74, 6) is 3.71. The number of methoxy groups -OCH3 is 1. The van der Waals surface area contributed by atoms with Crippen molar-refractivity contribution in [2.24, 2.45) is 11.8 Å². The summed E-state index contributed by atoms with van der Waals surface area (Å²) in [4.78, 5) is 26.7. The summed E-state index contributed by atoms with van der Waals surface area (Å²) >= 11 is 0. The van der Waals surface area contributed by atoms with Crippen molar-refractivity contribution in [3.05, 3.63) is 48.6 Å². The molecular formula is C33H43N11O4. The Morgan fingerprint density at radius 2 is 1.35 bits per heavy atom. The van der Waals surface area contributed by atoms with E-state index in [-0.39, 0.29) is 12.2 Å². The van der Waals surface area contributed by atoms with Gasteiger partial charge in [0.1, 0.15) is 11.6 Å². The standard InChI is InChI=1S/C28H32N10O.C5H11NO3/c1-3-15-9-17(11-19(15)27-35-33-23-13-31-25-21(37(23)27)5-7-29-25)39-18-10-16(4-2)20(12-18)28-36-34-24-14-32-26-22(38(24)28)6-8-30-26;1-6(5(7)8)3-4-9-2/h5-8,13-20,29-30H,3-4,9-12H2,1-2H3;3-4H2,1-2H3,(H,7,8)/t15-,16-,17+,18+,19+,20+;/m1./s1. The summed E-state index contributed by atoms with van der Waals surface area (Å²) < 4.78 is 15.9. The molecule has 0 aliphatic heterocycles. The maximum Gasteiger partial charge on any atom is 0.407 e. The van der Waals surface area contributed by atoms with Gasteiger partial charge in [-0.25, -0.2) is 14.8 Å². The zero-order valence-electron chi connectivity index (χ0n) is 27.8. The van der Waals surface area contributed by atoms with Crippen LogP contribution in [0.25, 0.3) is 33.6 Å². The van der Waals surface area contributed by atoms with Crippen LogP contribution in [0, 0.1) is 11.8 Å². The fraction of sp³-hybridized carbons (Fsp3) is 0.545. The van der Waals surface area contributed by atoms with Gasteiger partial charge in [-0.3, -0.25) is 8.80 Å². The molecule has 0 bridgehead atoms. The predicted octanol–water partition coefficient (Wildman–Crippen LogP) is 5.03. The summed E-state index contributed by atoms with van der Waals surface area (Å²) in [6.07, 6.45) is 13.2. The topological polar surface area (TPSA) is 177 Å². The normalized spacial score (nSPS) is 24.2. The minimum Gasteiger partial charge on any atom is -0.465 e. The first kappa shape index (κ1) is 31.9. The fourth-order valence-corrected chi connectivity index (χ4v) is 7.78. The predicted molar refractivity (Wildman–Crippen MR) is 178 cm³/mol. The van der Waals surface area contributed by atoms with Gasteiger partial charge in [-0.1, -0.05) is 26.7 Å². The lowest BCUT2D eigenvalue weighted by Gasteiger charge is -2.18. The Bertz CT molecular complexity index is 1880. The molecule has 6 aromatic rings. The van der Waals surface area contributed by atoms with Crippen LogP contribution in [0.15, 0.2) is 36.9 Å². The number of rotatable bonds is 9. The molecule has 6 atom stereocenters. The number of likely N-dealkylation sites (N-methyl/N-ethyl adjacent to an activating group) is 1. The minimum atomic E-state index is -0.924. The van der Waals surface area contributed by atoms with Crippen molar-refractivity contribution >= 4 is 39.7 Å². The molecule has 1 amide bonds. The van der Waals surface area contributed by atoms with E-state index in [2.05, 4.69) is 79.8 Å². The molecule has 2 aliphatic rings. The van der Waals surface area contributed by atoms with Crippen molar-refractivity contribution in [2.45, 2.75) is 76.4 Å². The molecule has 254 valence electrons. The van der Waals surface area contributed by atoms with Gasteiger partial charge in [0.05, 0.1) is 42.2 Å². The van der Waals surface area contributed by atoms with E-state index in [9.17, 15) is 4.79 Å². The molecular weight excluding hydrogens is 614 g/mol. The van der Waals surface area contributed by atoms with E-state index in [0.717, 1.165) is 83.8 Å². The lowest BCUT2D eigenvalue weighted by atomic mass is 9.93. The van der Waals surface area contributed by atoms with Crippen LogP contribution in [-0.4, -0.2) is 105 Å². The van der Waals surface area contributed by atoms with Gasteiger partial charge in [0, 0.05) is 44.9 Å². The highest BCUT2D eigenvalue weighted by atomic mass is 16.5. The highest BCUT2D eigenvalue weighted by molar-refractivity contribution is 5.75. The Kier molecular flexibility index (Phi) is 8.96. The number of amides is 1. The summed E-state index contributed by atoms with van der Waals surface area (Å²) in [6, 6.07) is 4.11. The monoisotopic (exact) mass is 657 g/mol. The van der Waals surface area contributed by atoms with Gasteiger partial charge in [-0.05, 0) is 49.7 Å². The van der Waals surface area contributed by atoms with Crippen LogP contribution in [0.4, 0.5) is 4.79 Å². The maximum absolute atomic E-state index is 10.1. The summed E-state index contributed by atoms with van der Waals surface area (Å²) in [7, 11) is 3.04. The van der Waals surface area contributed by atoms with Crippen molar-refractivity contribution in [3.63, 3.8) is 0 Å². The molecule has 0 saturated heterocycles. The maximum atomic E-state index is 10.1. The quantitative estimate of drug-likeness (QED) is 0.191. The number of aromatic nitrogens is 10. The van der Waals surface area contributed by atoms with E-state index in [4.69, 9.17) is 9.84 Å². The van der Waals surface area contributed by atoms with Crippen molar-refractivity contribution in [1.29, 1.82) is 0 Å². The van der Waals surface area contributed by atoms with Gasteiger partial charge in [0.2, 0.25) is 0 Å². The number of nitrogens with zero attached hydrogens (tertiary/aromatic N) is 9. The smallest absolute Gasteiger partial charge is 0.407 e. The van der Waals surface area contributed by atoms with Crippen molar-refractivity contribution < 1.29 is 19.4 Å². The average molecular weight is 658 g/mol. The zero-order chi connectivity index (χ0) is 33.4. The van der Waals surface area contributed by atoms with Gasteiger partial charge < -0.3 is 29.4 Å². The zero-order valence-corrected chi connectivity index (χ0v) is 27.8. The van der Waals surface area contributed by atoms with Crippen LogP contribution in [0.1, 0.15) is 75.9 Å². The van der Waals surface area contributed by atoms with E-state index in [1.165, 1.54) is 19.1 Å². The van der Waals surface area contributed by atoms with Crippen LogP contribution in [0.2, 0.25) is 0 Å². The third kappa shape index (κ3) is 5.85. The first-order valence-corrected chi connectivity index (χ1v) is 16.8. The van der Waals surface area contributed by atoms with Gasteiger partial charge in [-0.15, -0.1) is 20.4 Å². The molecule has 0 aromatic carbocycles. The Hall–Kier alpha value is -4.63. The molecule has 2 saturated carbocycles. The van der Waals surface area contributed by atoms with E-state index in [1.54, 1.807) is 12.4 Å². The van der Waals surface area contributed by atoms with Crippen LogP contribution < -0.4 is 0 Å². The molecule has 15 heteroatoms. The van der Waals surface area contributed by atoms with Crippen molar-refractivity contribution in [1.82, 2.24) is 54.0 Å². The Morgan fingerprint density at radius 1 is 0.854 bits per heavy atom. The van der Waals surface area contributed by atoms with Gasteiger partial charge in [0.15, 0.2) is 22.6 Å². The molecule has 0 unspecified atom stereocenters. The van der Waals surface area contributed by atoms with Crippen LogP contribution in [-0.2, 0) is 9.47 Å². The summed E-state index contributed by atoms with van der Waals surface area (Å²) in [5.41, 5.74) is 5.38. The molecule has 8 rings (SSSR count). The third-order valence-electron chi connectivity index (χ3n) is 10.3. The lowest BCUT2D eigenvalue weighted by molar-refractivity contribution is -0.00877. The van der Waals surface area contributed by atoms with Crippen molar-refractivity contribution in [2.75, 3.05) is 27.3 Å². The largest absolute Gasteiger partial charge is 0.465 e. The number of carbonyl (C=O) groups is 1. The number of hydrogen-bond acceptors (Lipinski definition) is 9. The third-order valence-corrected chi connectivity index (χ3v) is 10.3. The number of fused-ring (bicyclic) bond motifs is 6. The number of hydrogen-bond donors (Lipinski definition) is 3. The summed E-state index contributed by atoms with van der Waals surface area (Å²) in [6.45, 7) is 5.43. The average Bonchev–Trinajstić information content (AvgIpc) is 3.94. The Labute approximate surface area is 277 Å². The molecule has 0 spiro atoms. The second kappa shape index (κ2) is 13.5. The van der Waals surface area contributed by atoms with E-state index >= 15 is 0 Å². The summed E-state index contributed by atoms with van der Waals surface area (Å²) in [5, 5.41) is 26.6. The van der Waals surface area contributed by atoms with Gasteiger partial charge >= 0.3 is 6.09 Å². The Balaban J connectivity index is 0.000000359.